The van der Waals surface area contributed by atoms with Crippen LogP contribution in [-0.4, -0.2) is 28.7 Å². The maximum absolute atomic E-state index is 11.9. The molecule has 1 aromatic heterocycles. The highest BCUT2D eigenvalue weighted by Gasteiger charge is 2.09. The number of thioether (sulfide) groups is 1. The average molecular weight is 305 g/mol. The lowest BCUT2D eigenvalue weighted by atomic mass is 10.2. The molecular weight excluding hydrogens is 290 g/mol. The Morgan fingerprint density at radius 2 is 2.24 bits per heavy atom. The predicted molar refractivity (Wildman–Crippen MR) is 81.9 cm³/mol. The van der Waals surface area contributed by atoms with Crippen molar-refractivity contribution in [1.29, 1.82) is 0 Å². The maximum Gasteiger partial charge on any atom is 0.251 e. The highest BCUT2D eigenvalue weighted by atomic mass is 32.2. The number of aromatic amines is 1. The number of nitrogens with zero attached hydrogens (tertiary/aromatic N) is 1. The Morgan fingerprint density at radius 3 is 2.95 bits per heavy atom. The summed E-state index contributed by atoms with van der Waals surface area (Å²) in [7, 11) is 1.55. The van der Waals surface area contributed by atoms with E-state index in [-0.39, 0.29) is 17.2 Å². The van der Waals surface area contributed by atoms with Crippen LogP contribution < -0.4 is 15.6 Å². The second-order valence-electron chi connectivity index (χ2n) is 4.28. The Morgan fingerprint density at radius 1 is 1.43 bits per heavy atom. The molecule has 0 spiro atoms. The number of H-pyrrole nitrogens is 1. The third-order valence-corrected chi connectivity index (χ3v) is 3.51. The van der Waals surface area contributed by atoms with E-state index in [2.05, 4.69) is 15.3 Å². The maximum atomic E-state index is 11.9. The molecule has 0 aliphatic carbocycles. The number of hydrogen-bond donors (Lipinski definition) is 2. The molecule has 0 saturated carbocycles. The Balaban J connectivity index is 1.97. The van der Waals surface area contributed by atoms with E-state index in [0.29, 0.717) is 16.6 Å². The molecule has 2 aromatic rings. The van der Waals surface area contributed by atoms with Crippen LogP contribution in [0.15, 0.2) is 40.4 Å². The first-order chi connectivity index (χ1) is 10.1. The van der Waals surface area contributed by atoms with Gasteiger partial charge in [0.05, 0.1) is 18.6 Å². The van der Waals surface area contributed by atoms with Crippen LogP contribution in [-0.2, 0) is 4.79 Å². The summed E-state index contributed by atoms with van der Waals surface area (Å²) in [6, 6.07) is 6.85. The van der Waals surface area contributed by atoms with E-state index < -0.39 is 0 Å². The fourth-order valence-electron chi connectivity index (χ4n) is 1.65. The van der Waals surface area contributed by atoms with Crippen LogP contribution in [0.1, 0.15) is 5.56 Å². The Kier molecular flexibility index (Phi) is 4.99. The van der Waals surface area contributed by atoms with E-state index in [4.69, 9.17) is 4.74 Å². The van der Waals surface area contributed by atoms with Gasteiger partial charge in [0.1, 0.15) is 5.75 Å². The number of rotatable bonds is 5. The zero-order chi connectivity index (χ0) is 15.2. The minimum absolute atomic E-state index is 0.143. The van der Waals surface area contributed by atoms with Gasteiger partial charge in [0.25, 0.3) is 5.56 Å². The first-order valence-electron chi connectivity index (χ1n) is 6.21. The summed E-state index contributed by atoms with van der Waals surface area (Å²) in [6.07, 6.45) is 1.40. The molecule has 110 valence electrons. The number of aryl methyl sites for hydroxylation is 1. The number of benzene rings is 1. The second-order valence-corrected chi connectivity index (χ2v) is 5.24. The number of ether oxygens (including phenoxy) is 1. The van der Waals surface area contributed by atoms with Crippen molar-refractivity contribution < 1.29 is 9.53 Å². The van der Waals surface area contributed by atoms with Gasteiger partial charge in [-0.05, 0) is 24.6 Å². The van der Waals surface area contributed by atoms with E-state index >= 15 is 0 Å². The van der Waals surface area contributed by atoms with Gasteiger partial charge < -0.3 is 15.0 Å². The lowest BCUT2D eigenvalue weighted by molar-refractivity contribution is -0.113. The molecule has 2 rings (SSSR count). The number of anilines is 1. The largest absolute Gasteiger partial charge is 0.495 e. The molecule has 0 unspecified atom stereocenters. The summed E-state index contributed by atoms with van der Waals surface area (Å²) in [5, 5.41) is 3.18. The number of nitrogens with one attached hydrogen (secondary N) is 2. The van der Waals surface area contributed by atoms with Gasteiger partial charge in [-0.1, -0.05) is 17.8 Å². The molecule has 0 aliphatic rings. The molecule has 0 aliphatic heterocycles. The molecule has 1 aromatic carbocycles. The van der Waals surface area contributed by atoms with E-state index in [1.807, 2.05) is 19.1 Å². The Bertz CT molecular complexity index is 700. The average Bonchev–Trinajstić information content (AvgIpc) is 2.47. The molecule has 21 heavy (non-hydrogen) atoms. The Hall–Kier alpha value is -2.28. The summed E-state index contributed by atoms with van der Waals surface area (Å²) in [6.45, 7) is 1.95. The monoisotopic (exact) mass is 305 g/mol. The topological polar surface area (TPSA) is 84.1 Å². The van der Waals surface area contributed by atoms with Crippen molar-refractivity contribution in [2.24, 2.45) is 0 Å². The molecule has 1 heterocycles. The summed E-state index contributed by atoms with van der Waals surface area (Å²) < 4.78 is 5.22. The normalized spacial score (nSPS) is 10.2. The minimum atomic E-state index is -0.242. The number of amides is 1. The lowest BCUT2D eigenvalue weighted by Gasteiger charge is -2.10. The molecule has 1 amide bonds. The van der Waals surface area contributed by atoms with Gasteiger partial charge in [-0.25, -0.2) is 4.98 Å². The van der Waals surface area contributed by atoms with Crippen molar-refractivity contribution >= 4 is 23.4 Å². The first-order valence-corrected chi connectivity index (χ1v) is 7.19. The van der Waals surface area contributed by atoms with Gasteiger partial charge >= 0.3 is 0 Å². The number of carbonyl (C=O) groups excluding carboxylic acids is 1. The highest BCUT2D eigenvalue weighted by Crippen LogP contribution is 2.25. The predicted octanol–water partition coefficient (Wildman–Crippen LogP) is 1.82. The third kappa shape index (κ3) is 4.35. The summed E-state index contributed by atoms with van der Waals surface area (Å²) in [5.41, 5.74) is 1.42. The zero-order valence-electron chi connectivity index (χ0n) is 11.7. The van der Waals surface area contributed by atoms with E-state index in [9.17, 15) is 9.59 Å². The first kappa shape index (κ1) is 15.1. The Labute approximate surface area is 125 Å². The van der Waals surface area contributed by atoms with Crippen LogP contribution in [0.25, 0.3) is 0 Å². The second kappa shape index (κ2) is 6.94. The van der Waals surface area contributed by atoms with Crippen molar-refractivity contribution in [2.75, 3.05) is 18.2 Å². The third-order valence-electron chi connectivity index (χ3n) is 2.62. The van der Waals surface area contributed by atoms with Crippen molar-refractivity contribution in [3.63, 3.8) is 0 Å². The van der Waals surface area contributed by atoms with Crippen LogP contribution in [0.3, 0.4) is 0 Å². The molecule has 0 radical (unpaired) electrons. The van der Waals surface area contributed by atoms with E-state index in [1.54, 1.807) is 13.2 Å². The number of methoxy groups -OCH3 is 1. The molecule has 7 heteroatoms. The summed E-state index contributed by atoms with van der Waals surface area (Å²) >= 11 is 1.16. The molecular formula is C14H15N3O3S. The van der Waals surface area contributed by atoms with Crippen molar-refractivity contribution in [3.8, 4) is 5.75 Å². The van der Waals surface area contributed by atoms with Crippen LogP contribution in [0, 0.1) is 6.92 Å². The van der Waals surface area contributed by atoms with Crippen LogP contribution in [0.4, 0.5) is 5.69 Å². The SMILES string of the molecule is COc1cc(C)ccc1NC(=O)CSc1nccc(=O)[nH]1. The van der Waals surface area contributed by atoms with Crippen LogP contribution in [0.5, 0.6) is 5.75 Å². The number of carbonyl (C=O) groups is 1. The van der Waals surface area contributed by atoms with Crippen molar-refractivity contribution in [3.05, 3.63) is 46.4 Å². The van der Waals surface area contributed by atoms with Gasteiger partial charge in [-0.3, -0.25) is 9.59 Å². The molecule has 0 bridgehead atoms. The van der Waals surface area contributed by atoms with Crippen LogP contribution in [0.2, 0.25) is 0 Å². The lowest BCUT2D eigenvalue weighted by Crippen LogP contribution is -2.15. The molecule has 0 atom stereocenters. The summed E-state index contributed by atoms with van der Waals surface area (Å²) in [5.74, 6) is 0.553. The summed E-state index contributed by atoms with van der Waals surface area (Å²) in [4.78, 5) is 29.5. The molecule has 2 N–H and O–H groups in total. The van der Waals surface area contributed by atoms with E-state index in [1.165, 1.54) is 12.3 Å². The van der Waals surface area contributed by atoms with Gasteiger partial charge in [-0.15, -0.1) is 0 Å². The van der Waals surface area contributed by atoms with Crippen molar-refractivity contribution in [2.45, 2.75) is 12.1 Å². The molecule has 0 saturated heterocycles. The van der Waals surface area contributed by atoms with E-state index in [0.717, 1.165) is 17.3 Å². The smallest absolute Gasteiger partial charge is 0.251 e. The zero-order valence-corrected chi connectivity index (χ0v) is 12.5. The molecule has 6 nitrogen and oxygen atoms in total. The van der Waals surface area contributed by atoms with Crippen molar-refractivity contribution in [1.82, 2.24) is 9.97 Å². The fourth-order valence-corrected chi connectivity index (χ4v) is 2.30. The van der Waals surface area contributed by atoms with Gasteiger partial charge in [-0.2, -0.15) is 0 Å². The standard InChI is InChI=1S/C14H15N3O3S/c1-9-3-4-10(11(7-9)20-2)16-13(19)8-21-14-15-6-5-12(18)17-14/h3-7H,8H2,1-2H3,(H,16,19)(H,15,17,18). The van der Waals surface area contributed by atoms with Gasteiger partial charge in [0.15, 0.2) is 5.16 Å². The molecule has 0 fully saturated rings. The number of hydrogen-bond acceptors (Lipinski definition) is 5. The fraction of sp³-hybridized carbons (Fsp3) is 0.214. The van der Waals surface area contributed by atoms with Crippen LogP contribution >= 0.6 is 11.8 Å². The quantitative estimate of drug-likeness (QED) is 0.650. The van der Waals surface area contributed by atoms with Gasteiger partial charge in [0, 0.05) is 12.3 Å². The van der Waals surface area contributed by atoms with Gasteiger partial charge in [0.2, 0.25) is 5.91 Å². The highest BCUT2D eigenvalue weighted by molar-refractivity contribution is 7.99. The minimum Gasteiger partial charge on any atom is -0.495 e. The number of aromatic nitrogens is 2.